The van der Waals surface area contributed by atoms with E-state index in [9.17, 15) is 18.8 Å². The van der Waals surface area contributed by atoms with Gasteiger partial charge in [0.1, 0.15) is 23.0 Å². The minimum absolute atomic E-state index is 0.142. The van der Waals surface area contributed by atoms with E-state index in [0.717, 1.165) is 0 Å². The molecule has 0 spiro atoms. The van der Waals surface area contributed by atoms with Gasteiger partial charge in [0.2, 0.25) is 5.43 Å². The number of carbonyl (C=O) groups is 2. The molecule has 0 atom stereocenters. The summed E-state index contributed by atoms with van der Waals surface area (Å²) in [7, 11) is 3.01. The first-order chi connectivity index (χ1) is 16.8. The Balaban J connectivity index is 1.51. The number of benzene rings is 2. The van der Waals surface area contributed by atoms with Gasteiger partial charge in [-0.05, 0) is 31.2 Å². The van der Waals surface area contributed by atoms with E-state index in [1.807, 2.05) is 0 Å². The molecule has 0 bridgehead atoms. The Hall–Kier alpha value is -4.21. The number of halogens is 1. The van der Waals surface area contributed by atoms with E-state index in [1.165, 1.54) is 42.0 Å². The molecule has 0 saturated carbocycles. The fraction of sp³-hybridized carbons (Fsp3) is 0.280. The van der Waals surface area contributed by atoms with E-state index < -0.39 is 17.2 Å². The maximum atomic E-state index is 14.3. The SMILES string of the molecule is COc1ccc(C(=O)N2CCN(C(=O)c3nn(-c4ccccc4F)c(C)cc3=O)CC2)c(OC)c1. The third-order valence-electron chi connectivity index (χ3n) is 5.88. The number of nitrogens with zero attached hydrogens (tertiary/aromatic N) is 4. The molecule has 1 aromatic heterocycles. The zero-order chi connectivity index (χ0) is 25.1. The summed E-state index contributed by atoms with van der Waals surface area (Å²) in [4.78, 5) is 41.8. The lowest BCUT2D eigenvalue weighted by molar-refractivity contribution is 0.0528. The summed E-state index contributed by atoms with van der Waals surface area (Å²) < 4.78 is 26.1. The van der Waals surface area contributed by atoms with E-state index in [4.69, 9.17) is 9.47 Å². The Morgan fingerprint density at radius 2 is 1.57 bits per heavy atom. The van der Waals surface area contributed by atoms with Crippen molar-refractivity contribution >= 4 is 11.8 Å². The van der Waals surface area contributed by atoms with Crippen molar-refractivity contribution in [3.8, 4) is 17.2 Å². The van der Waals surface area contributed by atoms with Crippen molar-refractivity contribution in [1.82, 2.24) is 19.6 Å². The first kappa shape index (κ1) is 23.9. The van der Waals surface area contributed by atoms with Gasteiger partial charge in [0, 0.05) is 44.0 Å². The van der Waals surface area contributed by atoms with Crippen molar-refractivity contribution < 1.29 is 23.5 Å². The van der Waals surface area contributed by atoms with Crippen molar-refractivity contribution in [2.75, 3.05) is 40.4 Å². The second kappa shape index (κ2) is 9.96. The molecule has 35 heavy (non-hydrogen) atoms. The molecule has 4 rings (SSSR count). The van der Waals surface area contributed by atoms with Crippen LogP contribution in [0.3, 0.4) is 0 Å². The lowest BCUT2D eigenvalue weighted by Gasteiger charge is -2.34. The summed E-state index contributed by atoms with van der Waals surface area (Å²) in [5.41, 5.74) is 0.0986. The highest BCUT2D eigenvalue weighted by atomic mass is 19.1. The van der Waals surface area contributed by atoms with Crippen molar-refractivity contribution in [2.45, 2.75) is 6.92 Å². The van der Waals surface area contributed by atoms with Crippen LogP contribution in [0.15, 0.2) is 53.3 Å². The van der Waals surface area contributed by atoms with Gasteiger partial charge in [-0.15, -0.1) is 0 Å². The van der Waals surface area contributed by atoms with Crippen LogP contribution < -0.4 is 14.9 Å². The maximum Gasteiger partial charge on any atom is 0.278 e. The van der Waals surface area contributed by atoms with Gasteiger partial charge in [-0.3, -0.25) is 14.4 Å². The highest BCUT2D eigenvalue weighted by Gasteiger charge is 2.29. The number of methoxy groups -OCH3 is 2. The molecule has 0 radical (unpaired) electrons. The molecule has 1 aliphatic rings. The molecule has 182 valence electrons. The Kier molecular flexibility index (Phi) is 6.81. The van der Waals surface area contributed by atoms with Crippen molar-refractivity contribution in [3.63, 3.8) is 0 Å². The number of aryl methyl sites for hydroxylation is 1. The lowest BCUT2D eigenvalue weighted by Crippen LogP contribution is -2.51. The van der Waals surface area contributed by atoms with Crippen LogP contribution in [0.2, 0.25) is 0 Å². The number of amides is 2. The average Bonchev–Trinajstić information content (AvgIpc) is 2.88. The highest BCUT2D eigenvalue weighted by Crippen LogP contribution is 2.26. The molecule has 0 N–H and O–H groups in total. The molecular weight excluding hydrogens is 455 g/mol. The number of rotatable bonds is 5. The van der Waals surface area contributed by atoms with Crippen LogP contribution in [-0.2, 0) is 0 Å². The van der Waals surface area contributed by atoms with Crippen LogP contribution in [0, 0.1) is 12.7 Å². The molecule has 10 heteroatoms. The summed E-state index contributed by atoms with van der Waals surface area (Å²) in [5, 5.41) is 4.18. The molecule has 9 nitrogen and oxygen atoms in total. The molecule has 1 aliphatic heterocycles. The predicted molar refractivity (Wildman–Crippen MR) is 126 cm³/mol. The quantitative estimate of drug-likeness (QED) is 0.556. The third kappa shape index (κ3) is 4.72. The Morgan fingerprint density at radius 3 is 2.20 bits per heavy atom. The van der Waals surface area contributed by atoms with E-state index >= 15 is 0 Å². The van der Waals surface area contributed by atoms with Crippen LogP contribution >= 0.6 is 0 Å². The van der Waals surface area contributed by atoms with Crippen LogP contribution in [0.1, 0.15) is 26.5 Å². The van der Waals surface area contributed by atoms with Gasteiger partial charge in [0.05, 0.1) is 19.8 Å². The maximum absolute atomic E-state index is 14.3. The largest absolute Gasteiger partial charge is 0.497 e. The van der Waals surface area contributed by atoms with Crippen LogP contribution in [-0.4, -0.2) is 71.8 Å². The lowest BCUT2D eigenvalue weighted by atomic mass is 10.1. The van der Waals surface area contributed by atoms with Crippen molar-refractivity contribution in [3.05, 3.63) is 81.5 Å². The molecular formula is C25H25FN4O5. The van der Waals surface area contributed by atoms with Gasteiger partial charge in [-0.25, -0.2) is 9.07 Å². The normalized spacial score (nSPS) is 13.5. The van der Waals surface area contributed by atoms with Crippen molar-refractivity contribution in [2.24, 2.45) is 0 Å². The zero-order valence-electron chi connectivity index (χ0n) is 19.7. The molecule has 0 aliphatic carbocycles. The van der Waals surface area contributed by atoms with E-state index in [2.05, 4.69) is 5.10 Å². The first-order valence-corrected chi connectivity index (χ1v) is 11.0. The standard InChI is InChI=1S/C25H25FN4O5/c1-16-14-21(31)23(27-30(16)20-7-5-4-6-19(20)26)25(33)29-12-10-28(11-13-29)24(32)18-9-8-17(34-2)15-22(18)35-3/h4-9,14-15H,10-13H2,1-3H3. The second-order valence-corrected chi connectivity index (χ2v) is 8.01. The van der Waals surface area contributed by atoms with E-state index in [1.54, 1.807) is 42.2 Å². The van der Waals surface area contributed by atoms with Gasteiger partial charge in [-0.1, -0.05) is 12.1 Å². The molecule has 2 heterocycles. The number of hydrogen-bond acceptors (Lipinski definition) is 6. The minimum atomic E-state index is -0.561. The number of piperazine rings is 1. The Labute approximate surface area is 201 Å². The topological polar surface area (TPSA) is 94.0 Å². The molecule has 2 aromatic carbocycles. The number of para-hydroxylation sites is 1. The average molecular weight is 480 g/mol. The van der Waals surface area contributed by atoms with Crippen molar-refractivity contribution in [1.29, 1.82) is 0 Å². The van der Waals surface area contributed by atoms with Gasteiger partial charge in [0.15, 0.2) is 5.69 Å². The smallest absolute Gasteiger partial charge is 0.278 e. The zero-order valence-corrected chi connectivity index (χ0v) is 19.7. The number of aromatic nitrogens is 2. The number of ether oxygens (including phenoxy) is 2. The number of carbonyl (C=O) groups excluding carboxylic acids is 2. The van der Waals surface area contributed by atoms with Gasteiger partial charge in [-0.2, -0.15) is 5.10 Å². The molecule has 1 saturated heterocycles. The van der Waals surface area contributed by atoms with Crippen LogP contribution in [0.25, 0.3) is 5.69 Å². The van der Waals surface area contributed by atoms with Gasteiger partial charge >= 0.3 is 0 Å². The Morgan fingerprint density at radius 1 is 0.914 bits per heavy atom. The summed E-state index contributed by atoms with van der Waals surface area (Å²) in [6.45, 7) is 2.60. The van der Waals surface area contributed by atoms with E-state index in [0.29, 0.717) is 22.8 Å². The molecule has 1 fully saturated rings. The van der Waals surface area contributed by atoms with Crippen LogP contribution in [0.5, 0.6) is 11.5 Å². The molecule has 0 unspecified atom stereocenters. The van der Waals surface area contributed by atoms with Gasteiger partial charge in [0.25, 0.3) is 11.8 Å². The predicted octanol–water partition coefficient (Wildman–Crippen LogP) is 2.30. The van der Waals surface area contributed by atoms with E-state index in [-0.39, 0.29) is 43.5 Å². The molecule has 3 aromatic rings. The third-order valence-corrected chi connectivity index (χ3v) is 5.88. The summed E-state index contributed by atoms with van der Waals surface area (Å²) in [6, 6.07) is 12.2. The fourth-order valence-corrected chi connectivity index (χ4v) is 3.97. The van der Waals surface area contributed by atoms with Crippen LogP contribution in [0.4, 0.5) is 4.39 Å². The summed E-state index contributed by atoms with van der Waals surface area (Å²) >= 11 is 0. The second-order valence-electron chi connectivity index (χ2n) is 8.01. The Bertz CT molecular complexity index is 1330. The first-order valence-electron chi connectivity index (χ1n) is 11.0. The fourth-order valence-electron chi connectivity index (χ4n) is 3.97. The number of hydrogen-bond donors (Lipinski definition) is 0. The highest BCUT2D eigenvalue weighted by molar-refractivity contribution is 5.97. The summed E-state index contributed by atoms with van der Waals surface area (Å²) in [6.07, 6.45) is 0. The molecule has 2 amide bonds. The monoisotopic (exact) mass is 480 g/mol. The minimum Gasteiger partial charge on any atom is -0.497 e. The van der Waals surface area contributed by atoms with Gasteiger partial charge < -0.3 is 19.3 Å². The summed E-state index contributed by atoms with van der Waals surface area (Å²) in [5.74, 6) is -0.349.